The molecule has 1 N–H and O–H groups in total. The van der Waals surface area contributed by atoms with E-state index in [9.17, 15) is 9.59 Å². The minimum atomic E-state index is -0.150. The van der Waals surface area contributed by atoms with Crippen LogP contribution in [0, 0.1) is 5.92 Å². The molecule has 1 aliphatic rings. The van der Waals surface area contributed by atoms with Crippen molar-refractivity contribution in [2.75, 3.05) is 13.1 Å². The van der Waals surface area contributed by atoms with Gasteiger partial charge in [0.25, 0.3) is 5.91 Å². The van der Waals surface area contributed by atoms with Crippen molar-refractivity contribution in [1.82, 2.24) is 15.2 Å². The van der Waals surface area contributed by atoms with Gasteiger partial charge in [-0.15, -0.1) is 0 Å². The molecule has 0 spiro atoms. The molecule has 24 heavy (non-hydrogen) atoms. The zero-order valence-electron chi connectivity index (χ0n) is 13.5. The van der Waals surface area contributed by atoms with Crippen LogP contribution in [-0.2, 0) is 11.3 Å². The Balaban J connectivity index is 1.57. The largest absolute Gasteiger partial charge is 0.352 e. The van der Waals surface area contributed by atoms with Crippen molar-refractivity contribution in [2.45, 2.75) is 19.4 Å². The second-order valence-corrected chi connectivity index (χ2v) is 6.04. The molecule has 0 saturated carbocycles. The number of hydrogen-bond acceptors (Lipinski definition) is 3. The van der Waals surface area contributed by atoms with Crippen LogP contribution in [0.4, 0.5) is 0 Å². The number of piperidine rings is 1. The number of aromatic nitrogens is 1. The summed E-state index contributed by atoms with van der Waals surface area (Å²) < 4.78 is 0. The van der Waals surface area contributed by atoms with Crippen LogP contribution in [0.5, 0.6) is 0 Å². The molecular weight excluding hydrogens is 302 g/mol. The van der Waals surface area contributed by atoms with Crippen LogP contribution in [0.2, 0.25) is 0 Å². The van der Waals surface area contributed by atoms with Crippen molar-refractivity contribution in [2.24, 2.45) is 5.92 Å². The van der Waals surface area contributed by atoms with E-state index in [0.717, 1.165) is 18.4 Å². The van der Waals surface area contributed by atoms with Gasteiger partial charge in [-0.1, -0.05) is 24.3 Å². The maximum atomic E-state index is 12.5. The Hall–Kier alpha value is -2.69. The lowest BCUT2D eigenvalue weighted by Crippen LogP contribution is -2.45. The van der Waals surface area contributed by atoms with Gasteiger partial charge in [-0.05, 0) is 36.6 Å². The highest BCUT2D eigenvalue weighted by Gasteiger charge is 2.28. The van der Waals surface area contributed by atoms with Gasteiger partial charge < -0.3 is 10.2 Å². The summed E-state index contributed by atoms with van der Waals surface area (Å²) in [6.45, 7) is 1.66. The van der Waals surface area contributed by atoms with Gasteiger partial charge in [0.2, 0.25) is 5.91 Å². The molecule has 5 nitrogen and oxygen atoms in total. The van der Waals surface area contributed by atoms with Gasteiger partial charge in [0, 0.05) is 37.6 Å². The van der Waals surface area contributed by atoms with E-state index in [1.807, 2.05) is 42.5 Å². The van der Waals surface area contributed by atoms with Crippen molar-refractivity contribution < 1.29 is 9.59 Å². The van der Waals surface area contributed by atoms with Crippen molar-refractivity contribution in [3.05, 3.63) is 66.0 Å². The summed E-state index contributed by atoms with van der Waals surface area (Å²) >= 11 is 0. The number of carbonyl (C=O) groups excluding carboxylic acids is 2. The van der Waals surface area contributed by atoms with Crippen LogP contribution in [-0.4, -0.2) is 34.8 Å². The minimum Gasteiger partial charge on any atom is -0.352 e. The van der Waals surface area contributed by atoms with E-state index in [4.69, 9.17) is 0 Å². The zero-order chi connectivity index (χ0) is 16.8. The first-order chi connectivity index (χ1) is 11.7. The predicted molar refractivity (Wildman–Crippen MR) is 91.2 cm³/mol. The Morgan fingerprint density at radius 3 is 2.75 bits per heavy atom. The lowest BCUT2D eigenvalue weighted by atomic mass is 9.96. The van der Waals surface area contributed by atoms with Crippen molar-refractivity contribution in [3.8, 4) is 0 Å². The van der Waals surface area contributed by atoms with E-state index in [1.165, 1.54) is 0 Å². The predicted octanol–water partition coefficient (Wildman–Crippen LogP) is 2.25. The highest BCUT2D eigenvalue weighted by Crippen LogP contribution is 2.19. The van der Waals surface area contributed by atoms with Crippen LogP contribution in [0.25, 0.3) is 0 Å². The third-order valence-corrected chi connectivity index (χ3v) is 4.29. The van der Waals surface area contributed by atoms with Gasteiger partial charge in [0.15, 0.2) is 0 Å². The Labute approximate surface area is 141 Å². The summed E-state index contributed by atoms with van der Waals surface area (Å²) in [5.41, 5.74) is 1.65. The Kier molecular flexibility index (Phi) is 5.21. The molecule has 2 heterocycles. The number of pyridine rings is 1. The molecule has 0 aliphatic carbocycles. The summed E-state index contributed by atoms with van der Waals surface area (Å²) in [5.74, 6) is -0.146. The summed E-state index contributed by atoms with van der Waals surface area (Å²) in [4.78, 5) is 30.8. The number of hydrogen-bond donors (Lipinski definition) is 1. The molecule has 1 atom stereocenters. The van der Waals surface area contributed by atoms with Gasteiger partial charge in [-0.3, -0.25) is 14.6 Å². The van der Waals surface area contributed by atoms with Gasteiger partial charge in [0.1, 0.15) is 0 Å². The number of nitrogens with zero attached hydrogens (tertiary/aromatic N) is 2. The maximum Gasteiger partial charge on any atom is 0.253 e. The monoisotopic (exact) mass is 323 g/mol. The fraction of sp³-hybridized carbons (Fsp3) is 0.316. The van der Waals surface area contributed by atoms with Crippen molar-refractivity contribution in [1.29, 1.82) is 0 Å². The molecule has 124 valence electrons. The second kappa shape index (κ2) is 7.73. The molecule has 2 amide bonds. The molecule has 0 radical (unpaired) electrons. The van der Waals surface area contributed by atoms with E-state index in [-0.39, 0.29) is 17.7 Å². The van der Waals surface area contributed by atoms with E-state index in [2.05, 4.69) is 10.3 Å². The number of rotatable bonds is 4. The topological polar surface area (TPSA) is 62.3 Å². The molecule has 1 aromatic carbocycles. The zero-order valence-corrected chi connectivity index (χ0v) is 13.5. The highest BCUT2D eigenvalue weighted by atomic mass is 16.2. The number of nitrogens with one attached hydrogen (secondary N) is 1. The van der Waals surface area contributed by atoms with Gasteiger partial charge in [0.05, 0.1) is 5.92 Å². The summed E-state index contributed by atoms with van der Waals surface area (Å²) in [5, 5.41) is 2.95. The standard InChI is InChI=1S/C19H21N3O2/c23-18(21-13-15-6-4-10-20-12-15)17-9-5-11-22(14-17)19(24)16-7-2-1-3-8-16/h1-4,6-8,10,12,17H,5,9,11,13-14H2,(H,21,23). The second-order valence-electron chi connectivity index (χ2n) is 6.04. The summed E-state index contributed by atoms with van der Waals surface area (Å²) in [6.07, 6.45) is 5.12. The SMILES string of the molecule is O=C(NCc1cccnc1)C1CCCN(C(=O)c2ccccc2)C1. The third kappa shape index (κ3) is 3.98. The first-order valence-electron chi connectivity index (χ1n) is 8.25. The molecule has 1 aromatic heterocycles. The molecule has 2 aromatic rings. The van der Waals surface area contributed by atoms with Crippen LogP contribution in [0.1, 0.15) is 28.8 Å². The van der Waals surface area contributed by atoms with Crippen molar-refractivity contribution in [3.63, 3.8) is 0 Å². The minimum absolute atomic E-state index is 0.000333. The quantitative estimate of drug-likeness (QED) is 0.939. The van der Waals surface area contributed by atoms with Crippen LogP contribution in [0.3, 0.4) is 0 Å². The number of likely N-dealkylation sites (tertiary alicyclic amines) is 1. The first-order valence-corrected chi connectivity index (χ1v) is 8.25. The van der Waals surface area contributed by atoms with E-state index >= 15 is 0 Å². The maximum absolute atomic E-state index is 12.5. The smallest absolute Gasteiger partial charge is 0.253 e. The molecule has 1 fully saturated rings. The average Bonchev–Trinajstić information content (AvgIpc) is 2.67. The highest BCUT2D eigenvalue weighted by molar-refractivity contribution is 5.94. The molecule has 5 heteroatoms. The van der Waals surface area contributed by atoms with Gasteiger partial charge in [-0.25, -0.2) is 0 Å². The lowest BCUT2D eigenvalue weighted by molar-refractivity contribution is -0.126. The van der Waals surface area contributed by atoms with E-state index in [1.54, 1.807) is 17.3 Å². The molecule has 0 bridgehead atoms. The third-order valence-electron chi connectivity index (χ3n) is 4.29. The van der Waals surface area contributed by atoms with Crippen molar-refractivity contribution >= 4 is 11.8 Å². The van der Waals surface area contributed by atoms with Crippen LogP contribution >= 0.6 is 0 Å². The molecule has 1 unspecified atom stereocenters. The first kappa shape index (κ1) is 16.2. The fourth-order valence-corrected chi connectivity index (χ4v) is 2.98. The van der Waals surface area contributed by atoms with E-state index < -0.39 is 0 Å². The Morgan fingerprint density at radius 1 is 1.17 bits per heavy atom. The molecule has 3 rings (SSSR count). The van der Waals surface area contributed by atoms with Gasteiger partial charge >= 0.3 is 0 Å². The molecular formula is C19H21N3O2. The van der Waals surface area contributed by atoms with Gasteiger partial charge in [-0.2, -0.15) is 0 Å². The van der Waals surface area contributed by atoms with Crippen LogP contribution in [0.15, 0.2) is 54.9 Å². The normalized spacial score (nSPS) is 17.3. The Bertz CT molecular complexity index is 688. The number of benzene rings is 1. The summed E-state index contributed by atoms with van der Waals surface area (Å²) in [6, 6.07) is 13.0. The number of amides is 2. The summed E-state index contributed by atoms with van der Waals surface area (Å²) in [7, 11) is 0. The average molecular weight is 323 g/mol. The molecule has 1 aliphatic heterocycles. The Morgan fingerprint density at radius 2 is 2.00 bits per heavy atom. The lowest BCUT2D eigenvalue weighted by Gasteiger charge is -2.32. The fourth-order valence-electron chi connectivity index (χ4n) is 2.98. The van der Waals surface area contributed by atoms with E-state index in [0.29, 0.717) is 25.2 Å². The number of carbonyl (C=O) groups is 2. The molecule has 1 saturated heterocycles. The van der Waals surface area contributed by atoms with Crippen LogP contribution < -0.4 is 5.32 Å².